The van der Waals surface area contributed by atoms with Crippen molar-refractivity contribution in [3.05, 3.63) is 35.4 Å². The molecule has 0 N–H and O–H groups in total. The highest BCUT2D eigenvalue weighted by Gasteiger charge is 2.34. The van der Waals surface area contributed by atoms with Crippen molar-refractivity contribution < 1.29 is 18.7 Å². The van der Waals surface area contributed by atoms with E-state index in [1.807, 2.05) is 0 Å². The summed E-state index contributed by atoms with van der Waals surface area (Å²) >= 11 is 0. The molecule has 2 saturated heterocycles. The van der Waals surface area contributed by atoms with Gasteiger partial charge in [-0.25, -0.2) is 0 Å². The summed E-state index contributed by atoms with van der Waals surface area (Å²) in [6, 6.07) is 8.98. The van der Waals surface area contributed by atoms with E-state index < -0.39 is 0 Å². The highest BCUT2D eigenvalue weighted by Crippen LogP contribution is 2.24. The van der Waals surface area contributed by atoms with E-state index in [0.717, 1.165) is 56.8 Å². The molecule has 2 aliphatic rings. The molecule has 4 heteroatoms. The van der Waals surface area contributed by atoms with Crippen molar-refractivity contribution >= 4 is 0 Å². The number of hydrogen-bond donors (Lipinski definition) is 0. The molecule has 140 valence electrons. The summed E-state index contributed by atoms with van der Waals surface area (Å²) in [5.74, 6) is 0. The van der Waals surface area contributed by atoms with Gasteiger partial charge >= 0.3 is 0 Å². The monoisotopic (exact) mass is 348 g/mol. The van der Waals surface area contributed by atoms with E-state index in [4.69, 9.17) is 14.2 Å². The van der Waals surface area contributed by atoms with Crippen molar-refractivity contribution in [2.45, 2.75) is 51.4 Å². The topological polar surface area (TPSA) is 27.7 Å². The first-order valence-electron chi connectivity index (χ1n) is 9.62. The van der Waals surface area contributed by atoms with Gasteiger partial charge < -0.3 is 18.7 Å². The van der Waals surface area contributed by atoms with Crippen molar-refractivity contribution in [3.8, 4) is 0 Å². The lowest BCUT2D eigenvalue weighted by Gasteiger charge is -2.38. The van der Waals surface area contributed by atoms with E-state index in [-0.39, 0.29) is 17.8 Å². The molecule has 3 rings (SSSR count). The van der Waals surface area contributed by atoms with Gasteiger partial charge in [0.25, 0.3) is 0 Å². The molecule has 0 unspecified atom stereocenters. The Bertz CT molecular complexity index is 543. The molecule has 2 atom stereocenters. The van der Waals surface area contributed by atoms with Gasteiger partial charge in [0.15, 0.2) is 6.29 Å². The number of benzene rings is 1. The Morgan fingerprint density at radius 2 is 1.76 bits per heavy atom. The van der Waals surface area contributed by atoms with Gasteiger partial charge in [-0.3, -0.25) is 0 Å². The van der Waals surface area contributed by atoms with E-state index in [2.05, 4.69) is 52.1 Å². The Morgan fingerprint density at radius 3 is 2.40 bits per heavy atom. The van der Waals surface area contributed by atoms with Crippen LogP contribution >= 0.6 is 0 Å². The minimum absolute atomic E-state index is 0.0556. The van der Waals surface area contributed by atoms with E-state index in [1.54, 1.807) is 0 Å². The van der Waals surface area contributed by atoms with Gasteiger partial charge in [0, 0.05) is 6.42 Å². The largest absolute Gasteiger partial charge is 0.370 e. The van der Waals surface area contributed by atoms with Crippen LogP contribution in [0, 0.1) is 0 Å². The van der Waals surface area contributed by atoms with E-state index >= 15 is 0 Å². The predicted molar refractivity (Wildman–Crippen MR) is 99.7 cm³/mol. The average molecular weight is 349 g/mol. The van der Waals surface area contributed by atoms with Crippen LogP contribution in [0.3, 0.4) is 0 Å². The molecular formula is C21H34NO3+. The van der Waals surface area contributed by atoms with E-state index in [0.29, 0.717) is 0 Å². The zero-order valence-corrected chi connectivity index (χ0v) is 16.3. The van der Waals surface area contributed by atoms with Crippen LogP contribution in [0.5, 0.6) is 0 Å². The minimum Gasteiger partial charge on any atom is -0.370 e. The molecule has 0 saturated carbocycles. The average Bonchev–Trinajstić information content (AvgIpc) is 3.00. The maximum absolute atomic E-state index is 6.15. The van der Waals surface area contributed by atoms with Gasteiger partial charge in [0.1, 0.15) is 25.7 Å². The van der Waals surface area contributed by atoms with Crippen LogP contribution < -0.4 is 0 Å². The molecule has 4 nitrogen and oxygen atoms in total. The van der Waals surface area contributed by atoms with Crippen molar-refractivity contribution in [1.82, 2.24) is 0 Å². The van der Waals surface area contributed by atoms with Crippen LogP contribution in [0.1, 0.15) is 38.3 Å². The van der Waals surface area contributed by atoms with Crippen LogP contribution in [0.15, 0.2) is 24.3 Å². The lowest BCUT2D eigenvalue weighted by molar-refractivity contribution is -0.919. The zero-order chi connectivity index (χ0) is 17.9. The number of quaternary nitrogens is 1. The first-order chi connectivity index (χ1) is 11.8. The molecule has 0 aromatic heterocycles. The van der Waals surface area contributed by atoms with Crippen LogP contribution in [-0.2, 0) is 26.0 Å². The number of nitrogens with zero attached hydrogens (tertiary/aromatic N) is 1. The normalized spacial score (nSPS) is 26.7. The fourth-order valence-corrected chi connectivity index (χ4v) is 3.67. The number of ether oxygens (including phenoxy) is 3. The lowest BCUT2D eigenvalue weighted by atomic mass is 9.86. The van der Waals surface area contributed by atoms with Crippen LogP contribution in [0.25, 0.3) is 0 Å². The van der Waals surface area contributed by atoms with E-state index in [1.165, 1.54) is 11.1 Å². The van der Waals surface area contributed by atoms with E-state index in [9.17, 15) is 0 Å². The van der Waals surface area contributed by atoms with Gasteiger partial charge in [-0.1, -0.05) is 45.0 Å². The Hall–Kier alpha value is -0.940. The quantitative estimate of drug-likeness (QED) is 0.765. The Balaban J connectivity index is 1.44. The molecule has 2 heterocycles. The molecule has 1 aromatic rings. The summed E-state index contributed by atoms with van der Waals surface area (Å²) in [5.41, 5.74) is 2.95. The van der Waals surface area contributed by atoms with Gasteiger partial charge in [-0.15, -0.1) is 0 Å². The fourth-order valence-electron chi connectivity index (χ4n) is 3.67. The molecule has 0 aliphatic carbocycles. The zero-order valence-electron chi connectivity index (χ0n) is 16.3. The minimum atomic E-state index is -0.0556. The first-order valence-corrected chi connectivity index (χ1v) is 9.62. The summed E-state index contributed by atoms with van der Waals surface area (Å²) in [5, 5.41) is 0. The highest BCUT2D eigenvalue weighted by molar-refractivity contribution is 5.27. The summed E-state index contributed by atoms with van der Waals surface area (Å²) < 4.78 is 18.6. The standard InChI is InChI=1S/C21H34NO3/c1-21(2,3)18-8-5-17(6-9-18)7-10-20-24-16-19(25-20)15-22(4)11-13-23-14-12-22/h5-6,8-9,19-20H,7,10-16H2,1-4H3/q+1/t19-,20-/m1/s1. The first kappa shape index (κ1) is 18.8. The Morgan fingerprint density at radius 1 is 1.08 bits per heavy atom. The van der Waals surface area contributed by atoms with Crippen LogP contribution in [-0.4, -0.2) is 63.4 Å². The molecule has 0 spiro atoms. The highest BCUT2D eigenvalue weighted by atomic mass is 16.7. The van der Waals surface area contributed by atoms with Gasteiger partial charge in [0.05, 0.1) is 26.9 Å². The van der Waals surface area contributed by atoms with Crippen molar-refractivity contribution in [1.29, 1.82) is 0 Å². The Labute approximate surface area is 152 Å². The van der Waals surface area contributed by atoms with Crippen molar-refractivity contribution in [3.63, 3.8) is 0 Å². The predicted octanol–water partition coefficient (Wildman–Crippen LogP) is 3.14. The molecule has 0 bridgehead atoms. The SMILES string of the molecule is CC(C)(C)c1ccc(CC[C@@H]2OC[C@@H](C[N+]3(C)CCOCC3)O2)cc1. The second-order valence-corrected chi connectivity index (χ2v) is 8.87. The number of likely N-dealkylation sites (N-methyl/N-ethyl adjacent to an activating group) is 1. The van der Waals surface area contributed by atoms with Gasteiger partial charge in [-0.05, 0) is 23.0 Å². The molecule has 0 radical (unpaired) electrons. The number of aryl methyl sites for hydroxylation is 1. The maximum atomic E-state index is 6.15. The molecule has 25 heavy (non-hydrogen) atoms. The third kappa shape index (κ3) is 5.27. The van der Waals surface area contributed by atoms with Gasteiger partial charge in [-0.2, -0.15) is 0 Å². The Kier molecular flexibility index (Phi) is 5.84. The maximum Gasteiger partial charge on any atom is 0.158 e. The lowest BCUT2D eigenvalue weighted by Crippen LogP contribution is -2.55. The molecule has 2 aliphatic heterocycles. The van der Waals surface area contributed by atoms with Crippen LogP contribution in [0.4, 0.5) is 0 Å². The summed E-state index contributed by atoms with van der Waals surface area (Å²) in [4.78, 5) is 0. The third-order valence-electron chi connectivity index (χ3n) is 5.50. The number of hydrogen-bond acceptors (Lipinski definition) is 3. The van der Waals surface area contributed by atoms with Crippen molar-refractivity contribution in [2.24, 2.45) is 0 Å². The fraction of sp³-hybridized carbons (Fsp3) is 0.714. The number of rotatable bonds is 5. The molecular weight excluding hydrogens is 314 g/mol. The summed E-state index contributed by atoms with van der Waals surface area (Å²) in [7, 11) is 2.30. The second kappa shape index (κ2) is 7.75. The van der Waals surface area contributed by atoms with Gasteiger partial charge in [0.2, 0.25) is 0 Å². The second-order valence-electron chi connectivity index (χ2n) is 8.87. The third-order valence-corrected chi connectivity index (χ3v) is 5.50. The molecule has 2 fully saturated rings. The van der Waals surface area contributed by atoms with Crippen molar-refractivity contribution in [2.75, 3.05) is 46.5 Å². The summed E-state index contributed by atoms with van der Waals surface area (Å²) in [6.07, 6.45) is 2.09. The molecule has 1 aromatic carbocycles. The summed E-state index contributed by atoms with van der Waals surface area (Å²) in [6.45, 7) is 12.4. The van der Waals surface area contributed by atoms with Crippen LogP contribution in [0.2, 0.25) is 0 Å². The molecule has 0 amide bonds. The number of morpholine rings is 1. The smallest absolute Gasteiger partial charge is 0.158 e.